The number of rotatable bonds is 2. The van der Waals surface area contributed by atoms with Crippen LogP contribution in [0.2, 0.25) is 0 Å². The average molecular weight is 165 g/mol. The lowest BCUT2D eigenvalue weighted by atomic mass is 10.00. The van der Waals surface area contributed by atoms with Crippen LogP contribution in [0.15, 0.2) is 12.3 Å². The van der Waals surface area contributed by atoms with Crippen LogP contribution in [0.5, 0.6) is 5.88 Å². The number of hydrogen-bond donors (Lipinski definition) is 0. The Labute approximate surface area is 73.6 Å². The topological polar surface area (TPSA) is 22.1 Å². The van der Waals surface area contributed by atoms with Crippen LogP contribution in [0.1, 0.15) is 30.9 Å². The van der Waals surface area contributed by atoms with Gasteiger partial charge in [0.15, 0.2) is 0 Å². The molecule has 66 valence electrons. The first-order valence-electron chi connectivity index (χ1n) is 4.16. The second-order valence-electron chi connectivity index (χ2n) is 3.19. The molecule has 0 saturated carbocycles. The lowest BCUT2D eigenvalue weighted by Crippen LogP contribution is -1.97. The minimum Gasteiger partial charge on any atom is -0.481 e. The Morgan fingerprint density at radius 2 is 2.08 bits per heavy atom. The molecule has 1 rings (SSSR count). The van der Waals surface area contributed by atoms with E-state index in [-0.39, 0.29) is 0 Å². The van der Waals surface area contributed by atoms with E-state index in [9.17, 15) is 0 Å². The molecule has 0 aliphatic heterocycles. The molecule has 1 aromatic rings. The largest absolute Gasteiger partial charge is 0.481 e. The summed E-state index contributed by atoms with van der Waals surface area (Å²) in [4.78, 5) is 4.12. The number of ether oxygens (including phenoxy) is 1. The van der Waals surface area contributed by atoms with Crippen LogP contribution in [0, 0.1) is 6.92 Å². The van der Waals surface area contributed by atoms with Gasteiger partial charge in [-0.3, -0.25) is 0 Å². The van der Waals surface area contributed by atoms with Crippen LogP contribution in [-0.2, 0) is 0 Å². The van der Waals surface area contributed by atoms with Crippen molar-refractivity contribution in [2.75, 3.05) is 7.11 Å². The highest BCUT2D eigenvalue weighted by atomic mass is 16.5. The standard InChI is InChI=1S/C10H15NO/c1-7(2)9-5-6-11-10(12-4)8(9)3/h5-7H,1-4H3. The zero-order chi connectivity index (χ0) is 9.14. The highest BCUT2D eigenvalue weighted by Gasteiger charge is 2.07. The fraction of sp³-hybridized carbons (Fsp3) is 0.500. The normalized spacial score (nSPS) is 10.4. The molecule has 0 saturated heterocycles. The molecule has 1 aromatic heterocycles. The molecule has 0 fully saturated rings. The van der Waals surface area contributed by atoms with Gasteiger partial charge in [-0.2, -0.15) is 0 Å². The van der Waals surface area contributed by atoms with Gasteiger partial charge in [-0.25, -0.2) is 4.98 Å². The zero-order valence-electron chi connectivity index (χ0n) is 8.09. The van der Waals surface area contributed by atoms with E-state index < -0.39 is 0 Å². The SMILES string of the molecule is COc1nccc(C(C)C)c1C. The maximum atomic E-state index is 5.12. The first-order valence-corrected chi connectivity index (χ1v) is 4.16. The number of hydrogen-bond acceptors (Lipinski definition) is 2. The third kappa shape index (κ3) is 1.58. The van der Waals surface area contributed by atoms with Crippen molar-refractivity contribution >= 4 is 0 Å². The van der Waals surface area contributed by atoms with Crippen molar-refractivity contribution in [3.63, 3.8) is 0 Å². The summed E-state index contributed by atoms with van der Waals surface area (Å²) in [5, 5.41) is 0. The van der Waals surface area contributed by atoms with Gasteiger partial charge < -0.3 is 4.74 Å². The molecule has 0 aliphatic rings. The summed E-state index contributed by atoms with van der Waals surface area (Å²) in [7, 11) is 1.65. The van der Waals surface area contributed by atoms with Crippen molar-refractivity contribution < 1.29 is 4.74 Å². The fourth-order valence-electron chi connectivity index (χ4n) is 1.36. The van der Waals surface area contributed by atoms with Crippen molar-refractivity contribution in [2.24, 2.45) is 0 Å². The summed E-state index contributed by atoms with van der Waals surface area (Å²) in [5.41, 5.74) is 2.46. The summed E-state index contributed by atoms with van der Waals surface area (Å²) < 4.78 is 5.12. The quantitative estimate of drug-likeness (QED) is 0.671. The molecule has 0 amide bonds. The van der Waals surface area contributed by atoms with Gasteiger partial charge in [0.05, 0.1) is 7.11 Å². The van der Waals surface area contributed by atoms with Crippen LogP contribution in [-0.4, -0.2) is 12.1 Å². The van der Waals surface area contributed by atoms with Crippen LogP contribution in [0.3, 0.4) is 0 Å². The lowest BCUT2D eigenvalue weighted by molar-refractivity contribution is 0.393. The predicted molar refractivity (Wildman–Crippen MR) is 49.6 cm³/mol. The zero-order valence-corrected chi connectivity index (χ0v) is 8.09. The van der Waals surface area contributed by atoms with Crippen molar-refractivity contribution in [1.82, 2.24) is 4.98 Å². The fourth-order valence-corrected chi connectivity index (χ4v) is 1.36. The third-order valence-corrected chi connectivity index (χ3v) is 2.02. The molecule has 0 N–H and O–H groups in total. The van der Waals surface area contributed by atoms with E-state index >= 15 is 0 Å². The highest BCUT2D eigenvalue weighted by Crippen LogP contribution is 2.23. The predicted octanol–water partition coefficient (Wildman–Crippen LogP) is 2.52. The van der Waals surface area contributed by atoms with Crippen LogP contribution >= 0.6 is 0 Å². The molecule has 0 spiro atoms. The molecule has 12 heavy (non-hydrogen) atoms. The van der Waals surface area contributed by atoms with Gasteiger partial charge in [-0.15, -0.1) is 0 Å². The second kappa shape index (κ2) is 3.57. The summed E-state index contributed by atoms with van der Waals surface area (Å²) in [6.45, 7) is 6.38. The van der Waals surface area contributed by atoms with E-state index in [2.05, 4.69) is 18.8 Å². The molecule has 1 heterocycles. The number of aromatic nitrogens is 1. The number of pyridine rings is 1. The van der Waals surface area contributed by atoms with Gasteiger partial charge in [-0.1, -0.05) is 13.8 Å². The Morgan fingerprint density at radius 1 is 1.42 bits per heavy atom. The molecule has 2 nitrogen and oxygen atoms in total. The van der Waals surface area contributed by atoms with Gasteiger partial charge >= 0.3 is 0 Å². The molecule has 0 aliphatic carbocycles. The third-order valence-electron chi connectivity index (χ3n) is 2.02. The molecule has 0 radical (unpaired) electrons. The monoisotopic (exact) mass is 165 g/mol. The van der Waals surface area contributed by atoms with Crippen LogP contribution in [0.4, 0.5) is 0 Å². The molecule has 0 unspecified atom stereocenters. The summed E-state index contributed by atoms with van der Waals surface area (Å²) >= 11 is 0. The molecule has 2 heteroatoms. The maximum absolute atomic E-state index is 5.12. The Bertz CT molecular complexity index is 269. The minimum atomic E-state index is 0.530. The Balaban J connectivity index is 3.14. The van der Waals surface area contributed by atoms with Gasteiger partial charge in [0.25, 0.3) is 0 Å². The van der Waals surface area contributed by atoms with E-state index in [0.717, 1.165) is 11.4 Å². The molecular formula is C10H15NO. The summed E-state index contributed by atoms with van der Waals surface area (Å²) in [6.07, 6.45) is 1.79. The Kier molecular flexibility index (Phi) is 2.69. The Hall–Kier alpha value is -1.05. The number of methoxy groups -OCH3 is 1. The second-order valence-corrected chi connectivity index (χ2v) is 3.19. The van der Waals surface area contributed by atoms with Crippen molar-refractivity contribution in [3.05, 3.63) is 23.4 Å². The Morgan fingerprint density at radius 3 is 2.58 bits per heavy atom. The van der Waals surface area contributed by atoms with Gasteiger partial charge in [-0.05, 0) is 24.5 Å². The van der Waals surface area contributed by atoms with Gasteiger partial charge in [0.2, 0.25) is 5.88 Å². The van der Waals surface area contributed by atoms with Gasteiger partial charge in [0, 0.05) is 11.8 Å². The molecule has 0 atom stereocenters. The smallest absolute Gasteiger partial charge is 0.216 e. The molecule has 0 aromatic carbocycles. The lowest BCUT2D eigenvalue weighted by Gasteiger charge is -2.11. The van der Waals surface area contributed by atoms with E-state index in [1.54, 1.807) is 13.3 Å². The van der Waals surface area contributed by atoms with E-state index in [1.165, 1.54) is 5.56 Å². The minimum absolute atomic E-state index is 0.530. The van der Waals surface area contributed by atoms with E-state index in [1.807, 2.05) is 13.0 Å². The van der Waals surface area contributed by atoms with E-state index in [0.29, 0.717) is 5.92 Å². The molecule has 0 bridgehead atoms. The summed E-state index contributed by atoms with van der Waals surface area (Å²) in [5.74, 6) is 1.27. The average Bonchev–Trinajstić information content (AvgIpc) is 2.04. The molecular weight excluding hydrogens is 150 g/mol. The highest BCUT2D eigenvalue weighted by molar-refractivity contribution is 5.34. The van der Waals surface area contributed by atoms with Crippen LogP contribution in [0.25, 0.3) is 0 Å². The summed E-state index contributed by atoms with van der Waals surface area (Å²) in [6, 6.07) is 2.04. The van der Waals surface area contributed by atoms with Gasteiger partial charge in [0.1, 0.15) is 0 Å². The maximum Gasteiger partial charge on any atom is 0.216 e. The first-order chi connectivity index (χ1) is 5.66. The number of nitrogens with zero attached hydrogens (tertiary/aromatic N) is 1. The first kappa shape index (κ1) is 9.04. The van der Waals surface area contributed by atoms with Crippen molar-refractivity contribution in [2.45, 2.75) is 26.7 Å². The van der Waals surface area contributed by atoms with Crippen molar-refractivity contribution in [3.8, 4) is 5.88 Å². The van der Waals surface area contributed by atoms with Crippen LogP contribution < -0.4 is 4.74 Å². The van der Waals surface area contributed by atoms with E-state index in [4.69, 9.17) is 4.74 Å². The van der Waals surface area contributed by atoms with Crippen molar-refractivity contribution in [1.29, 1.82) is 0 Å².